The first-order chi connectivity index (χ1) is 13.5. The van der Waals surface area contributed by atoms with E-state index in [0.29, 0.717) is 37.8 Å². The lowest BCUT2D eigenvalue weighted by Gasteiger charge is -2.33. The van der Waals surface area contributed by atoms with Crippen molar-refractivity contribution in [2.45, 2.75) is 24.7 Å². The summed E-state index contributed by atoms with van der Waals surface area (Å²) in [5.74, 6) is 0.963. The van der Waals surface area contributed by atoms with Gasteiger partial charge >= 0.3 is 0 Å². The van der Waals surface area contributed by atoms with E-state index in [4.69, 9.17) is 18.6 Å². The molecule has 1 aromatic carbocycles. The van der Waals surface area contributed by atoms with Gasteiger partial charge in [-0.15, -0.1) is 6.58 Å². The molecule has 0 aliphatic carbocycles. The molecule has 5 nitrogen and oxygen atoms in total. The van der Waals surface area contributed by atoms with Gasteiger partial charge in [0, 0.05) is 0 Å². The average molecular weight is 389 g/mol. The quantitative estimate of drug-likeness (QED) is 0.569. The van der Waals surface area contributed by atoms with Gasteiger partial charge in [-0.1, -0.05) is 18.2 Å². The lowest BCUT2D eigenvalue weighted by atomic mass is 9.86. The summed E-state index contributed by atoms with van der Waals surface area (Å²) >= 11 is 0. The number of nitrogens with zero attached hydrogens (tertiary/aromatic N) is 1. The van der Waals surface area contributed by atoms with Crippen LogP contribution in [0.25, 0.3) is 0 Å². The summed E-state index contributed by atoms with van der Waals surface area (Å²) < 4.78 is 37.1. The molecular weight excluding hydrogens is 361 g/mol. The predicted octanol–water partition coefficient (Wildman–Crippen LogP) is 4.25. The fourth-order valence-corrected chi connectivity index (χ4v) is 3.42. The van der Waals surface area contributed by atoms with Gasteiger partial charge in [0.1, 0.15) is 11.6 Å². The molecule has 28 heavy (non-hydrogen) atoms. The molecule has 2 heterocycles. The highest BCUT2D eigenvalue weighted by Gasteiger charge is 2.39. The molecule has 0 amide bonds. The number of ether oxygens (including phenoxy) is 3. The second-order valence-electron chi connectivity index (χ2n) is 7.12. The standard InChI is InChI=1S/C22H28FNO4/c1-4-14-27-22(12-5-13-24(2)3,17-6-8-18(23)9-7-17)20-11-10-19(28-20)21-25-15-16-26-21/h4,6-11,21H,1,5,12-16H2,2-3H3. The molecular formula is C22H28FNO4. The molecule has 1 unspecified atom stereocenters. The molecule has 1 atom stereocenters. The third-order valence-electron chi connectivity index (χ3n) is 4.77. The van der Waals surface area contributed by atoms with Crippen molar-refractivity contribution in [3.8, 4) is 0 Å². The van der Waals surface area contributed by atoms with Crippen LogP contribution in [0.15, 0.2) is 53.5 Å². The Balaban J connectivity index is 1.99. The van der Waals surface area contributed by atoms with Gasteiger partial charge < -0.3 is 23.5 Å². The Morgan fingerprint density at radius 3 is 2.54 bits per heavy atom. The summed E-state index contributed by atoms with van der Waals surface area (Å²) in [7, 11) is 4.06. The molecule has 0 spiro atoms. The summed E-state index contributed by atoms with van der Waals surface area (Å²) in [6.45, 7) is 6.09. The minimum Gasteiger partial charge on any atom is -0.457 e. The van der Waals surface area contributed by atoms with Crippen LogP contribution in [0.4, 0.5) is 4.39 Å². The van der Waals surface area contributed by atoms with E-state index in [2.05, 4.69) is 11.5 Å². The molecule has 1 fully saturated rings. The monoisotopic (exact) mass is 389 g/mol. The molecule has 0 N–H and O–H groups in total. The summed E-state index contributed by atoms with van der Waals surface area (Å²) in [5, 5.41) is 0. The Morgan fingerprint density at radius 1 is 1.18 bits per heavy atom. The van der Waals surface area contributed by atoms with E-state index >= 15 is 0 Å². The van der Waals surface area contributed by atoms with E-state index in [1.165, 1.54) is 12.1 Å². The molecule has 1 saturated heterocycles. The Kier molecular flexibility index (Phi) is 7.02. The molecule has 1 aromatic heterocycles. The second-order valence-corrected chi connectivity index (χ2v) is 7.12. The molecule has 0 radical (unpaired) electrons. The van der Waals surface area contributed by atoms with Crippen molar-refractivity contribution in [2.24, 2.45) is 0 Å². The van der Waals surface area contributed by atoms with E-state index in [0.717, 1.165) is 18.5 Å². The van der Waals surface area contributed by atoms with Crippen LogP contribution in [0, 0.1) is 5.82 Å². The highest BCUT2D eigenvalue weighted by atomic mass is 19.1. The smallest absolute Gasteiger partial charge is 0.217 e. The number of hydrogen-bond donors (Lipinski definition) is 0. The Labute approximate surface area is 165 Å². The third-order valence-corrected chi connectivity index (χ3v) is 4.77. The molecule has 0 bridgehead atoms. The van der Waals surface area contributed by atoms with E-state index in [-0.39, 0.29) is 5.82 Å². The predicted molar refractivity (Wildman–Crippen MR) is 104 cm³/mol. The first kappa shape index (κ1) is 20.7. The Hall–Kier alpha value is -1.99. The summed E-state index contributed by atoms with van der Waals surface area (Å²) in [6, 6.07) is 10.1. The van der Waals surface area contributed by atoms with E-state index in [9.17, 15) is 4.39 Å². The average Bonchev–Trinajstić information content (AvgIpc) is 3.36. The Morgan fingerprint density at radius 2 is 1.89 bits per heavy atom. The van der Waals surface area contributed by atoms with E-state index in [1.807, 2.05) is 26.2 Å². The van der Waals surface area contributed by atoms with Gasteiger partial charge in [0.25, 0.3) is 0 Å². The van der Waals surface area contributed by atoms with Crippen molar-refractivity contribution < 1.29 is 23.0 Å². The van der Waals surface area contributed by atoms with Crippen molar-refractivity contribution in [1.82, 2.24) is 4.90 Å². The molecule has 6 heteroatoms. The molecule has 2 aromatic rings. The molecule has 1 aliphatic rings. The number of furan rings is 1. The summed E-state index contributed by atoms with van der Waals surface area (Å²) in [6.07, 6.45) is 2.75. The maximum absolute atomic E-state index is 13.6. The fourth-order valence-electron chi connectivity index (χ4n) is 3.42. The largest absolute Gasteiger partial charge is 0.457 e. The zero-order valence-corrected chi connectivity index (χ0v) is 16.5. The highest BCUT2D eigenvalue weighted by molar-refractivity contribution is 5.33. The highest BCUT2D eigenvalue weighted by Crippen LogP contribution is 2.40. The van der Waals surface area contributed by atoms with Crippen molar-refractivity contribution in [1.29, 1.82) is 0 Å². The van der Waals surface area contributed by atoms with Crippen LogP contribution < -0.4 is 0 Å². The van der Waals surface area contributed by atoms with Crippen molar-refractivity contribution in [3.05, 3.63) is 72.0 Å². The van der Waals surface area contributed by atoms with Gasteiger partial charge in [0.05, 0.1) is 19.8 Å². The van der Waals surface area contributed by atoms with Crippen LogP contribution >= 0.6 is 0 Å². The van der Waals surface area contributed by atoms with E-state index in [1.54, 1.807) is 18.2 Å². The van der Waals surface area contributed by atoms with Gasteiger partial charge in [-0.3, -0.25) is 0 Å². The number of hydrogen-bond acceptors (Lipinski definition) is 5. The topological polar surface area (TPSA) is 44.1 Å². The zero-order valence-electron chi connectivity index (χ0n) is 16.5. The maximum Gasteiger partial charge on any atom is 0.217 e. The zero-order chi connectivity index (χ0) is 20.0. The molecule has 1 aliphatic heterocycles. The van der Waals surface area contributed by atoms with Crippen molar-refractivity contribution >= 4 is 0 Å². The van der Waals surface area contributed by atoms with Crippen LogP contribution in [-0.4, -0.2) is 45.4 Å². The van der Waals surface area contributed by atoms with Crippen LogP contribution in [0.1, 0.15) is 36.2 Å². The number of rotatable bonds is 10. The van der Waals surface area contributed by atoms with Gasteiger partial charge in [-0.2, -0.15) is 0 Å². The lowest BCUT2D eigenvalue weighted by Crippen LogP contribution is -2.32. The summed E-state index contributed by atoms with van der Waals surface area (Å²) in [5.41, 5.74) is -0.0157. The van der Waals surface area contributed by atoms with Crippen LogP contribution in [0.5, 0.6) is 0 Å². The van der Waals surface area contributed by atoms with Gasteiger partial charge in [-0.25, -0.2) is 4.39 Å². The minimum absolute atomic E-state index is 0.289. The first-order valence-corrected chi connectivity index (χ1v) is 9.54. The normalized spacial score (nSPS) is 17.1. The van der Waals surface area contributed by atoms with Gasteiger partial charge in [-0.05, 0) is 63.3 Å². The molecule has 3 rings (SSSR count). The molecule has 152 valence electrons. The second kappa shape index (κ2) is 9.47. The number of halogens is 1. The summed E-state index contributed by atoms with van der Waals surface area (Å²) in [4.78, 5) is 2.12. The van der Waals surface area contributed by atoms with Gasteiger partial charge in [0.2, 0.25) is 6.29 Å². The first-order valence-electron chi connectivity index (χ1n) is 9.54. The SMILES string of the molecule is C=CCOC(CCCN(C)C)(c1ccc(F)cc1)c1ccc(C2OCCO2)o1. The fraction of sp³-hybridized carbons (Fsp3) is 0.455. The third kappa shape index (κ3) is 4.70. The number of benzene rings is 1. The lowest BCUT2D eigenvalue weighted by molar-refractivity contribution is -0.0666. The molecule has 0 saturated carbocycles. The van der Waals surface area contributed by atoms with Gasteiger partial charge in [0.15, 0.2) is 11.4 Å². The Bertz CT molecular complexity index is 752. The van der Waals surface area contributed by atoms with Crippen LogP contribution in [0.2, 0.25) is 0 Å². The van der Waals surface area contributed by atoms with Crippen LogP contribution in [-0.2, 0) is 19.8 Å². The minimum atomic E-state index is -0.852. The maximum atomic E-state index is 13.6. The van der Waals surface area contributed by atoms with Crippen LogP contribution in [0.3, 0.4) is 0 Å². The van der Waals surface area contributed by atoms with E-state index < -0.39 is 11.9 Å². The van der Waals surface area contributed by atoms with Crippen molar-refractivity contribution in [2.75, 3.05) is 40.5 Å². The van der Waals surface area contributed by atoms with Crippen molar-refractivity contribution in [3.63, 3.8) is 0 Å².